The van der Waals surface area contributed by atoms with Crippen LogP contribution < -0.4 is 0 Å². The molecule has 0 aromatic heterocycles. The van der Waals surface area contributed by atoms with E-state index in [9.17, 15) is 0 Å². The molecule has 0 radical (unpaired) electrons. The van der Waals surface area contributed by atoms with Crippen molar-refractivity contribution in [3.05, 3.63) is 11.6 Å². The highest BCUT2D eigenvalue weighted by Crippen LogP contribution is 1.87. The van der Waals surface area contributed by atoms with E-state index in [0.29, 0.717) is 0 Å². The highest BCUT2D eigenvalue weighted by Gasteiger charge is 1.74. The third-order valence-electron chi connectivity index (χ3n) is 0.642. The van der Waals surface area contributed by atoms with Gasteiger partial charge in [-0.1, -0.05) is 5.92 Å². The van der Waals surface area contributed by atoms with E-state index in [4.69, 9.17) is 5.11 Å². The van der Waals surface area contributed by atoms with Crippen LogP contribution in [0.1, 0.15) is 6.92 Å². The lowest BCUT2D eigenvalue weighted by molar-refractivity contribution is 0.342. The highest BCUT2D eigenvalue weighted by atomic mass is 79.9. The van der Waals surface area contributed by atoms with Crippen LogP contribution >= 0.6 is 15.9 Å². The van der Waals surface area contributed by atoms with Crippen molar-refractivity contribution in [1.29, 1.82) is 0 Å². The molecule has 0 rings (SSSR count). The molecular weight excluding hydrogens is 168 g/mol. The van der Waals surface area contributed by atoms with Crippen molar-refractivity contribution in [2.24, 2.45) is 0 Å². The Kier molecular flexibility index (Phi) is 4.73. The SMILES string of the molecule is C/C(C#CBr)=C\CO. The maximum atomic E-state index is 8.30. The topological polar surface area (TPSA) is 20.2 Å². The minimum atomic E-state index is 0.0630. The summed E-state index contributed by atoms with van der Waals surface area (Å²) in [6, 6.07) is 0. The fraction of sp³-hybridized carbons (Fsp3) is 0.333. The largest absolute Gasteiger partial charge is 0.392 e. The average molecular weight is 175 g/mol. The molecule has 0 aliphatic rings. The van der Waals surface area contributed by atoms with Crippen molar-refractivity contribution < 1.29 is 5.11 Å². The quantitative estimate of drug-likeness (QED) is 0.595. The summed E-state index contributed by atoms with van der Waals surface area (Å²) >= 11 is 2.94. The van der Waals surface area contributed by atoms with E-state index in [1.54, 1.807) is 6.08 Å². The standard InChI is InChI=1S/C6H7BrO/c1-6(2-4-7)3-5-8/h3,8H,5H2,1H3/b6-3+. The van der Waals surface area contributed by atoms with Crippen LogP contribution in [0.25, 0.3) is 0 Å². The fourth-order valence-corrected chi connectivity index (χ4v) is 0.575. The molecule has 0 aliphatic heterocycles. The molecule has 0 atom stereocenters. The summed E-state index contributed by atoms with van der Waals surface area (Å²) in [5.41, 5.74) is 0.879. The summed E-state index contributed by atoms with van der Waals surface area (Å²) in [5.74, 6) is 2.71. The molecule has 0 aromatic carbocycles. The number of aliphatic hydroxyl groups is 1. The third kappa shape index (κ3) is 3.91. The van der Waals surface area contributed by atoms with Gasteiger partial charge in [0.15, 0.2) is 0 Å². The maximum absolute atomic E-state index is 8.30. The summed E-state index contributed by atoms with van der Waals surface area (Å²) in [6.45, 7) is 1.90. The molecule has 0 saturated carbocycles. The van der Waals surface area contributed by atoms with Gasteiger partial charge >= 0.3 is 0 Å². The summed E-state index contributed by atoms with van der Waals surface area (Å²) in [7, 11) is 0. The van der Waals surface area contributed by atoms with Gasteiger partial charge in [0.05, 0.1) is 6.61 Å². The van der Waals surface area contributed by atoms with E-state index in [2.05, 4.69) is 26.7 Å². The van der Waals surface area contributed by atoms with Gasteiger partial charge in [-0.3, -0.25) is 0 Å². The number of allylic oxidation sites excluding steroid dienone is 1. The second kappa shape index (κ2) is 4.89. The molecule has 0 saturated heterocycles. The Hall–Kier alpha value is -0.260. The molecule has 0 bridgehead atoms. The molecule has 0 spiro atoms. The van der Waals surface area contributed by atoms with Crippen LogP contribution in [-0.4, -0.2) is 11.7 Å². The van der Waals surface area contributed by atoms with Crippen LogP contribution in [-0.2, 0) is 0 Å². The van der Waals surface area contributed by atoms with E-state index < -0.39 is 0 Å². The van der Waals surface area contributed by atoms with Crippen LogP contribution in [0, 0.1) is 10.8 Å². The zero-order valence-corrected chi connectivity index (χ0v) is 6.20. The highest BCUT2D eigenvalue weighted by molar-refractivity contribution is 9.12. The molecule has 0 unspecified atom stereocenters. The molecule has 44 valence electrons. The molecule has 0 aromatic rings. The zero-order valence-electron chi connectivity index (χ0n) is 4.61. The average Bonchev–Trinajstić information content (AvgIpc) is 1.68. The third-order valence-corrected chi connectivity index (χ3v) is 0.840. The van der Waals surface area contributed by atoms with Gasteiger partial charge < -0.3 is 5.11 Å². The van der Waals surface area contributed by atoms with Gasteiger partial charge in [0, 0.05) is 15.9 Å². The van der Waals surface area contributed by atoms with Gasteiger partial charge in [0.1, 0.15) is 0 Å². The normalized spacial score (nSPS) is 10.1. The molecular formula is C6H7BrO. The van der Waals surface area contributed by atoms with Gasteiger partial charge in [0.2, 0.25) is 0 Å². The molecule has 1 nitrogen and oxygen atoms in total. The predicted octanol–water partition coefficient (Wildman–Crippen LogP) is 1.28. The van der Waals surface area contributed by atoms with Gasteiger partial charge in [-0.2, -0.15) is 0 Å². The van der Waals surface area contributed by atoms with E-state index >= 15 is 0 Å². The lowest BCUT2D eigenvalue weighted by atomic mass is 10.3. The van der Waals surface area contributed by atoms with E-state index in [-0.39, 0.29) is 6.61 Å². The van der Waals surface area contributed by atoms with E-state index in [1.165, 1.54) is 0 Å². The number of halogens is 1. The van der Waals surface area contributed by atoms with Gasteiger partial charge in [-0.15, -0.1) is 0 Å². The van der Waals surface area contributed by atoms with Crippen molar-refractivity contribution in [1.82, 2.24) is 0 Å². The Morgan fingerprint density at radius 1 is 1.88 bits per heavy atom. The van der Waals surface area contributed by atoms with Gasteiger partial charge in [-0.05, 0) is 23.4 Å². The number of aliphatic hydroxyl groups excluding tert-OH is 1. The number of hydrogen-bond acceptors (Lipinski definition) is 1. The van der Waals surface area contributed by atoms with Crippen molar-refractivity contribution in [3.8, 4) is 10.8 Å². The molecule has 0 amide bonds. The number of hydrogen-bond donors (Lipinski definition) is 1. The van der Waals surface area contributed by atoms with Crippen LogP contribution in [0.4, 0.5) is 0 Å². The van der Waals surface area contributed by atoms with Gasteiger partial charge in [0.25, 0.3) is 0 Å². The Morgan fingerprint density at radius 2 is 2.50 bits per heavy atom. The smallest absolute Gasteiger partial charge is 0.0624 e. The second-order valence-corrected chi connectivity index (χ2v) is 1.69. The lowest BCUT2D eigenvalue weighted by Crippen LogP contribution is -1.74. The first-order valence-electron chi connectivity index (χ1n) is 2.20. The monoisotopic (exact) mass is 174 g/mol. The summed E-state index contributed by atoms with van der Waals surface area (Å²) < 4.78 is 0. The first kappa shape index (κ1) is 7.74. The molecule has 8 heavy (non-hydrogen) atoms. The molecule has 2 heteroatoms. The minimum Gasteiger partial charge on any atom is -0.392 e. The van der Waals surface area contributed by atoms with Crippen LogP contribution in [0.5, 0.6) is 0 Å². The van der Waals surface area contributed by atoms with E-state index in [1.807, 2.05) is 6.92 Å². The van der Waals surface area contributed by atoms with Crippen LogP contribution in [0.15, 0.2) is 11.6 Å². The molecule has 0 heterocycles. The van der Waals surface area contributed by atoms with Crippen molar-refractivity contribution >= 4 is 15.9 Å². The molecule has 0 aliphatic carbocycles. The second-order valence-electron chi connectivity index (χ2n) is 1.29. The van der Waals surface area contributed by atoms with Crippen LogP contribution in [0.3, 0.4) is 0 Å². The van der Waals surface area contributed by atoms with Crippen molar-refractivity contribution in [2.45, 2.75) is 6.92 Å². The number of rotatable bonds is 1. The van der Waals surface area contributed by atoms with E-state index in [0.717, 1.165) is 5.57 Å². The van der Waals surface area contributed by atoms with Crippen molar-refractivity contribution in [3.63, 3.8) is 0 Å². The van der Waals surface area contributed by atoms with Crippen molar-refractivity contribution in [2.75, 3.05) is 6.61 Å². The fourth-order valence-electron chi connectivity index (χ4n) is 0.262. The zero-order chi connectivity index (χ0) is 6.41. The Morgan fingerprint density at radius 3 is 2.88 bits per heavy atom. The minimum absolute atomic E-state index is 0.0630. The first-order chi connectivity index (χ1) is 3.81. The molecule has 1 N–H and O–H groups in total. The Balaban J connectivity index is 3.74. The van der Waals surface area contributed by atoms with Gasteiger partial charge in [-0.25, -0.2) is 0 Å². The first-order valence-corrected chi connectivity index (χ1v) is 3.00. The molecule has 0 fully saturated rings. The Bertz CT molecular complexity index is 138. The maximum Gasteiger partial charge on any atom is 0.0624 e. The summed E-state index contributed by atoms with van der Waals surface area (Å²) in [6.07, 6.45) is 1.65. The predicted molar refractivity (Wildman–Crippen MR) is 37.5 cm³/mol. The lowest BCUT2D eigenvalue weighted by Gasteiger charge is -1.80. The Labute approximate surface area is 57.5 Å². The van der Waals surface area contributed by atoms with Crippen LogP contribution in [0.2, 0.25) is 0 Å². The summed E-state index contributed by atoms with van der Waals surface area (Å²) in [5, 5.41) is 8.30. The summed E-state index contributed by atoms with van der Waals surface area (Å²) in [4.78, 5) is 2.54.